The Kier molecular flexibility index (Phi) is 6.07. The normalized spacial score (nSPS) is 15.1. The highest BCUT2D eigenvalue weighted by atomic mass is 32.2. The molecule has 0 unspecified atom stereocenters. The van der Waals surface area contributed by atoms with E-state index in [2.05, 4.69) is 10.0 Å². The topological polar surface area (TPSA) is 75.3 Å². The van der Waals surface area contributed by atoms with Gasteiger partial charge in [-0.15, -0.1) is 0 Å². The fraction of sp³-hybridized carbons (Fsp3) is 0.0870. The lowest BCUT2D eigenvalue weighted by molar-refractivity contribution is -0.138. The minimum atomic E-state index is -4.76. The second-order valence-electron chi connectivity index (χ2n) is 7.63. The van der Waals surface area contributed by atoms with E-state index >= 15 is 0 Å². The molecule has 0 aliphatic carbocycles. The lowest BCUT2D eigenvalue weighted by atomic mass is 10.0. The Morgan fingerprint density at radius 3 is 2.03 bits per heavy atom. The molecule has 1 aliphatic rings. The highest BCUT2D eigenvalue weighted by molar-refractivity contribution is 7.92. The summed E-state index contributed by atoms with van der Waals surface area (Å²) >= 11 is 0. The first-order valence-electron chi connectivity index (χ1n) is 9.89. The van der Waals surface area contributed by atoms with E-state index in [4.69, 9.17) is 0 Å². The van der Waals surface area contributed by atoms with E-state index in [1.165, 1.54) is 6.07 Å². The quantitative estimate of drug-likeness (QED) is 0.314. The van der Waals surface area contributed by atoms with Gasteiger partial charge in [0, 0.05) is 28.1 Å². The molecule has 1 amide bonds. The van der Waals surface area contributed by atoms with E-state index in [1.54, 1.807) is 0 Å². The van der Waals surface area contributed by atoms with Gasteiger partial charge in [0.2, 0.25) is 0 Å². The van der Waals surface area contributed by atoms with E-state index in [1.807, 2.05) is 0 Å². The molecule has 36 heavy (non-hydrogen) atoms. The lowest BCUT2D eigenvalue weighted by Gasteiger charge is -2.11. The Morgan fingerprint density at radius 2 is 1.42 bits per heavy atom. The van der Waals surface area contributed by atoms with Crippen molar-refractivity contribution in [3.05, 3.63) is 88.7 Å². The summed E-state index contributed by atoms with van der Waals surface area (Å²) in [5.74, 6) is -1.84. The highest BCUT2D eigenvalue weighted by Crippen LogP contribution is 2.37. The van der Waals surface area contributed by atoms with Crippen LogP contribution < -0.4 is 10.0 Å². The fourth-order valence-corrected chi connectivity index (χ4v) is 4.49. The first-order chi connectivity index (χ1) is 16.6. The molecule has 0 radical (unpaired) electrons. The Bertz CT molecular complexity index is 1490. The summed E-state index contributed by atoms with van der Waals surface area (Å²) in [7, 11) is -4.35. The number of anilines is 2. The van der Waals surface area contributed by atoms with Crippen LogP contribution in [0.15, 0.2) is 65.6 Å². The molecule has 2 N–H and O–H groups in total. The molecule has 0 aromatic heterocycles. The van der Waals surface area contributed by atoms with Gasteiger partial charge in [0.05, 0.1) is 16.0 Å². The third-order valence-corrected chi connectivity index (χ3v) is 6.55. The maximum absolute atomic E-state index is 14.2. The first kappa shape index (κ1) is 25.2. The standard InChI is InChI=1S/C23H13F7N2O3S/c24-19-7-3-14(23(28,29)30)9-12(19)10-18-17-11-16(6-8-20(17)31-21(18)33)36(34,35)32-15-4-1-13(2-5-15)22(25,26)27/h1-11,32H,(H,31,33). The maximum Gasteiger partial charge on any atom is 0.416 e. The molecule has 0 spiro atoms. The number of carbonyl (C=O) groups is 1. The molecule has 0 bridgehead atoms. The molecule has 0 atom stereocenters. The van der Waals surface area contributed by atoms with Gasteiger partial charge in [-0.1, -0.05) is 0 Å². The summed E-state index contributed by atoms with van der Waals surface area (Å²) in [4.78, 5) is 12.0. The maximum atomic E-state index is 14.2. The van der Waals surface area contributed by atoms with Gasteiger partial charge in [-0.05, 0) is 66.7 Å². The molecular formula is C23H13F7N2O3S. The Balaban J connectivity index is 1.69. The fourth-order valence-electron chi connectivity index (χ4n) is 3.41. The predicted molar refractivity (Wildman–Crippen MR) is 117 cm³/mol. The van der Waals surface area contributed by atoms with Gasteiger partial charge < -0.3 is 5.32 Å². The van der Waals surface area contributed by atoms with Crippen LogP contribution in [0.1, 0.15) is 22.3 Å². The molecule has 0 fully saturated rings. The molecular weight excluding hydrogens is 517 g/mol. The zero-order chi connectivity index (χ0) is 26.5. The summed E-state index contributed by atoms with van der Waals surface area (Å²) in [6.45, 7) is 0. The number of alkyl halides is 6. The summed E-state index contributed by atoms with van der Waals surface area (Å²) in [5, 5.41) is 2.41. The average molecular weight is 530 g/mol. The van der Waals surface area contributed by atoms with Crippen LogP contribution in [0.3, 0.4) is 0 Å². The van der Waals surface area contributed by atoms with Crippen molar-refractivity contribution in [2.24, 2.45) is 0 Å². The van der Waals surface area contributed by atoms with Gasteiger partial charge in [0.25, 0.3) is 15.9 Å². The number of rotatable bonds is 4. The van der Waals surface area contributed by atoms with Crippen molar-refractivity contribution in [3.63, 3.8) is 0 Å². The number of nitrogens with one attached hydrogen (secondary N) is 2. The Labute approximate surface area is 199 Å². The van der Waals surface area contributed by atoms with Crippen molar-refractivity contribution in [2.75, 3.05) is 10.0 Å². The summed E-state index contributed by atoms with van der Waals surface area (Å²) in [5.41, 5.74) is -3.01. The zero-order valence-electron chi connectivity index (χ0n) is 17.6. The van der Waals surface area contributed by atoms with Crippen LogP contribution in [0.25, 0.3) is 11.6 Å². The summed E-state index contributed by atoms with van der Waals surface area (Å²) in [6.07, 6.45) is -8.51. The molecule has 13 heteroatoms. The number of carbonyl (C=O) groups excluding carboxylic acids is 1. The largest absolute Gasteiger partial charge is 0.416 e. The van der Waals surface area contributed by atoms with E-state index in [-0.39, 0.29) is 22.5 Å². The molecule has 188 valence electrons. The van der Waals surface area contributed by atoms with Gasteiger partial charge in [-0.2, -0.15) is 26.3 Å². The number of sulfonamides is 1. The minimum absolute atomic E-state index is 0.0212. The SMILES string of the molecule is O=C1Nc2ccc(S(=O)(=O)Nc3ccc(C(F)(F)F)cc3)cc2C1=Cc1cc(C(F)(F)F)ccc1F. The van der Waals surface area contributed by atoms with Crippen LogP contribution in [0.2, 0.25) is 0 Å². The van der Waals surface area contributed by atoms with Crippen molar-refractivity contribution < 1.29 is 43.9 Å². The third kappa shape index (κ3) is 5.05. The summed E-state index contributed by atoms with van der Waals surface area (Å²) in [6, 6.07) is 8.23. The predicted octanol–water partition coefficient (Wildman–Crippen LogP) is 6.16. The Hall–Kier alpha value is -3.87. The Morgan fingerprint density at radius 1 is 0.806 bits per heavy atom. The molecule has 1 aliphatic heterocycles. The smallest absolute Gasteiger partial charge is 0.321 e. The first-order valence-corrected chi connectivity index (χ1v) is 11.4. The minimum Gasteiger partial charge on any atom is -0.321 e. The van der Waals surface area contributed by atoms with Crippen LogP contribution in [0.5, 0.6) is 0 Å². The van der Waals surface area contributed by atoms with Gasteiger partial charge in [-0.25, -0.2) is 12.8 Å². The van der Waals surface area contributed by atoms with Gasteiger partial charge in [0.1, 0.15) is 5.82 Å². The molecule has 4 rings (SSSR count). The number of fused-ring (bicyclic) bond motifs is 1. The van der Waals surface area contributed by atoms with Gasteiger partial charge in [0.15, 0.2) is 0 Å². The summed E-state index contributed by atoms with van der Waals surface area (Å²) < 4.78 is 119. The molecule has 0 saturated carbocycles. The van der Waals surface area contributed by atoms with Crippen molar-refractivity contribution in [1.29, 1.82) is 0 Å². The van der Waals surface area contributed by atoms with Crippen molar-refractivity contribution >= 4 is 39.0 Å². The van der Waals surface area contributed by atoms with E-state index in [0.717, 1.165) is 30.3 Å². The van der Waals surface area contributed by atoms with Crippen LogP contribution in [0.4, 0.5) is 42.1 Å². The second-order valence-corrected chi connectivity index (χ2v) is 9.32. The molecule has 1 heterocycles. The second kappa shape index (κ2) is 8.66. The highest BCUT2D eigenvalue weighted by Gasteiger charge is 2.32. The van der Waals surface area contributed by atoms with E-state index in [0.29, 0.717) is 30.3 Å². The van der Waals surface area contributed by atoms with Crippen LogP contribution in [-0.2, 0) is 27.2 Å². The number of hydrogen-bond donors (Lipinski definition) is 2. The lowest BCUT2D eigenvalue weighted by Crippen LogP contribution is -2.13. The molecule has 3 aromatic carbocycles. The monoisotopic (exact) mass is 530 g/mol. The van der Waals surface area contributed by atoms with E-state index in [9.17, 15) is 43.9 Å². The van der Waals surface area contributed by atoms with Crippen molar-refractivity contribution in [1.82, 2.24) is 0 Å². The number of hydrogen-bond acceptors (Lipinski definition) is 3. The third-order valence-electron chi connectivity index (χ3n) is 5.17. The van der Waals surface area contributed by atoms with Crippen molar-refractivity contribution in [3.8, 4) is 0 Å². The van der Waals surface area contributed by atoms with E-state index < -0.39 is 55.7 Å². The van der Waals surface area contributed by atoms with Crippen LogP contribution in [0, 0.1) is 5.82 Å². The number of halogens is 7. The van der Waals surface area contributed by atoms with Crippen LogP contribution >= 0.6 is 0 Å². The van der Waals surface area contributed by atoms with Crippen molar-refractivity contribution in [2.45, 2.75) is 17.2 Å². The zero-order valence-corrected chi connectivity index (χ0v) is 18.4. The molecule has 5 nitrogen and oxygen atoms in total. The number of amides is 1. The van der Waals surface area contributed by atoms with Crippen LogP contribution in [-0.4, -0.2) is 14.3 Å². The average Bonchev–Trinajstić information content (AvgIpc) is 3.08. The van der Waals surface area contributed by atoms with Gasteiger partial charge in [-0.3, -0.25) is 9.52 Å². The molecule has 0 saturated heterocycles. The molecule has 3 aromatic rings. The van der Waals surface area contributed by atoms with Gasteiger partial charge >= 0.3 is 12.4 Å². The number of benzene rings is 3.